The number of nitrogens with two attached hydrogens (primary N) is 1. The van der Waals surface area contributed by atoms with E-state index in [2.05, 4.69) is 16.2 Å². The fourth-order valence-electron chi connectivity index (χ4n) is 1.00. The molecule has 1 amide bonds. The summed E-state index contributed by atoms with van der Waals surface area (Å²) in [5.74, 6) is 2.25. The Bertz CT molecular complexity index is 380. The molecule has 3 N–H and O–H groups in total. The van der Waals surface area contributed by atoms with E-state index in [9.17, 15) is 4.79 Å². The second-order valence-corrected chi connectivity index (χ2v) is 3.87. The van der Waals surface area contributed by atoms with E-state index in [-0.39, 0.29) is 11.9 Å². The summed E-state index contributed by atoms with van der Waals surface area (Å²) >= 11 is 1.37. The van der Waals surface area contributed by atoms with Crippen molar-refractivity contribution in [1.82, 2.24) is 10.3 Å². The molecule has 0 aliphatic rings. The Kier molecular flexibility index (Phi) is 4.28. The van der Waals surface area contributed by atoms with Crippen LogP contribution in [0.2, 0.25) is 0 Å². The zero-order chi connectivity index (χ0) is 11.3. The first kappa shape index (κ1) is 11.7. The number of thiazole rings is 1. The van der Waals surface area contributed by atoms with Crippen LogP contribution >= 0.6 is 11.3 Å². The van der Waals surface area contributed by atoms with Gasteiger partial charge in [0, 0.05) is 11.9 Å². The zero-order valence-electron chi connectivity index (χ0n) is 8.49. The van der Waals surface area contributed by atoms with Crippen molar-refractivity contribution < 1.29 is 4.79 Å². The number of amides is 1. The standard InChI is InChI=1S/C10H13N3OS/c1-3-7(4-2)12-10(14)8-6-15-9(5-11)13-8/h1,6-7H,4-5,11H2,2H3,(H,12,14). The number of hydrogen-bond donors (Lipinski definition) is 2. The van der Waals surface area contributed by atoms with Gasteiger partial charge < -0.3 is 11.1 Å². The molecule has 4 nitrogen and oxygen atoms in total. The van der Waals surface area contributed by atoms with Crippen LogP contribution in [0, 0.1) is 12.3 Å². The highest BCUT2D eigenvalue weighted by atomic mass is 32.1. The second kappa shape index (κ2) is 5.49. The molecule has 0 saturated heterocycles. The average Bonchev–Trinajstić information content (AvgIpc) is 2.74. The van der Waals surface area contributed by atoms with Crippen LogP contribution < -0.4 is 11.1 Å². The lowest BCUT2D eigenvalue weighted by Crippen LogP contribution is -2.33. The molecule has 5 heteroatoms. The Hall–Kier alpha value is -1.38. The summed E-state index contributed by atoms with van der Waals surface area (Å²) < 4.78 is 0. The molecule has 0 spiro atoms. The van der Waals surface area contributed by atoms with Crippen molar-refractivity contribution >= 4 is 17.2 Å². The zero-order valence-corrected chi connectivity index (χ0v) is 9.30. The highest BCUT2D eigenvalue weighted by Gasteiger charge is 2.12. The number of terminal acetylenes is 1. The highest BCUT2D eigenvalue weighted by molar-refractivity contribution is 7.09. The van der Waals surface area contributed by atoms with Gasteiger partial charge >= 0.3 is 0 Å². The normalized spacial score (nSPS) is 11.8. The molecule has 0 saturated carbocycles. The molecule has 1 unspecified atom stereocenters. The smallest absolute Gasteiger partial charge is 0.271 e. The van der Waals surface area contributed by atoms with E-state index in [1.807, 2.05) is 6.92 Å². The Morgan fingerprint density at radius 3 is 3.07 bits per heavy atom. The first-order valence-electron chi connectivity index (χ1n) is 4.62. The molecule has 1 aromatic heterocycles. The van der Waals surface area contributed by atoms with E-state index in [4.69, 9.17) is 12.2 Å². The lowest BCUT2D eigenvalue weighted by atomic mass is 10.2. The number of nitrogens with one attached hydrogen (secondary N) is 1. The van der Waals surface area contributed by atoms with Gasteiger partial charge in [0.15, 0.2) is 0 Å². The van der Waals surface area contributed by atoms with Gasteiger partial charge in [-0.2, -0.15) is 0 Å². The predicted octanol–water partition coefficient (Wildman–Crippen LogP) is 0.743. The predicted molar refractivity (Wildman–Crippen MR) is 60.4 cm³/mol. The maximum atomic E-state index is 11.6. The van der Waals surface area contributed by atoms with Crippen LogP contribution in [0.4, 0.5) is 0 Å². The van der Waals surface area contributed by atoms with Crippen molar-refractivity contribution in [3.05, 3.63) is 16.1 Å². The van der Waals surface area contributed by atoms with Crippen molar-refractivity contribution in [3.8, 4) is 12.3 Å². The minimum Gasteiger partial charge on any atom is -0.337 e. The highest BCUT2D eigenvalue weighted by Crippen LogP contribution is 2.08. The first-order chi connectivity index (χ1) is 7.21. The number of hydrogen-bond acceptors (Lipinski definition) is 4. The number of carbonyl (C=O) groups is 1. The lowest BCUT2D eigenvalue weighted by molar-refractivity contribution is 0.0940. The van der Waals surface area contributed by atoms with Gasteiger partial charge in [-0.05, 0) is 6.42 Å². The van der Waals surface area contributed by atoms with Crippen LogP contribution in [0.5, 0.6) is 0 Å². The molecular weight excluding hydrogens is 210 g/mol. The van der Waals surface area contributed by atoms with Gasteiger partial charge in [-0.3, -0.25) is 4.79 Å². The number of rotatable bonds is 4. The molecular formula is C10H13N3OS. The molecule has 0 aliphatic heterocycles. The molecule has 0 aliphatic carbocycles. The van der Waals surface area contributed by atoms with Crippen LogP contribution in [0.1, 0.15) is 28.8 Å². The van der Waals surface area contributed by atoms with E-state index in [0.29, 0.717) is 18.7 Å². The van der Waals surface area contributed by atoms with Gasteiger partial charge in [0.1, 0.15) is 10.7 Å². The van der Waals surface area contributed by atoms with Crippen LogP contribution in [0.15, 0.2) is 5.38 Å². The Balaban J connectivity index is 2.65. The van der Waals surface area contributed by atoms with Crippen molar-refractivity contribution in [3.63, 3.8) is 0 Å². The van der Waals surface area contributed by atoms with Crippen LogP contribution in [-0.2, 0) is 6.54 Å². The molecule has 1 rings (SSSR count). The fraction of sp³-hybridized carbons (Fsp3) is 0.400. The van der Waals surface area contributed by atoms with Gasteiger partial charge in [0.2, 0.25) is 0 Å². The minimum absolute atomic E-state index is 0.236. The largest absolute Gasteiger partial charge is 0.337 e. The van der Waals surface area contributed by atoms with E-state index in [0.717, 1.165) is 5.01 Å². The van der Waals surface area contributed by atoms with E-state index in [1.165, 1.54) is 11.3 Å². The fourth-order valence-corrected chi connectivity index (χ4v) is 1.66. The van der Waals surface area contributed by atoms with Gasteiger partial charge in [-0.1, -0.05) is 12.8 Å². The maximum absolute atomic E-state index is 11.6. The Labute approximate surface area is 92.9 Å². The summed E-state index contributed by atoms with van der Waals surface area (Å²) in [5.41, 5.74) is 5.78. The summed E-state index contributed by atoms with van der Waals surface area (Å²) in [4.78, 5) is 15.7. The lowest BCUT2D eigenvalue weighted by Gasteiger charge is -2.08. The summed E-state index contributed by atoms with van der Waals surface area (Å²) in [6.45, 7) is 2.27. The second-order valence-electron chi connectivity index (χ2n) is 2.93. The molecule has 0 bridgehead atoms. The molecule has 15 heavy (non-hydrogen) atoms. The Morgan fingerprint density at radius 1 is 1.87 bits per heavy atom. The SMILES string of the molecule is C#CC(CC)NC(=O)c1csc(CN)n1. The quantitative estimate of drug-likeness (QED) is 0.740. The number of nitrogens with zero attached hydrogens (tertiary/aromatic N) is 1. The van der Waals surface area contributed by atoms with Crippen LogP contribution in [-0.4, -0.2) is 16.9 Å². The van der Waals surface area contributed by atoms with Crippen LogP contribution in [0.3, 0.4) is 0 Å². The summed E-state index contributed by atoms with van der Waals surface area (Å²) in [7, 11) is 0. The maximum Gasteiger partial charge on any atom is 0.271 e. The summed E-state index contributed by atoms with van der Waals surface area (Å²) in [6.07, 6.45) is 5.94. The van der Waals surface area contributed by atoms with Gasteiger partial charge in [0.05, 0.1) is 6.04 Å². The topological polar surface area (TPSA) is 68.0 Å². The molecule has 1 aromatic rings. The summed E-state index contributed by atoms with van der Waals surface area (Å²) in [6, 6.07) is -0.236. The van der Waals surface area contributed by atoms with Crippen molar-refractivity contribution in [2.45, 2.75) is 25.9 Å². The third kappa shape index (κ3) is 3.05. The van der Waals surface area contributed by atoms with E-state index < -0.39 is 0 Å². The molecule has 0 fully saturated rings. The van der Waals surface area contributed by atoms with Crippen molar-refractivity contribution in [2.24, 2.45) is 5.73 Å². The monoisotopic (exact) mass is 223 g/mol. The molecule has 80 valence electrons. The third-order valence-corrected chi connectivity index (χ3v) is 2.74. The van der Waals surface area contributed by atoms with E-state index >= 15 is 0 Å². The molecule has 1 atom stereocenters. The Morgan fingerprint density at radius 2 is 2.60 bits per heavy atom. The minimum atomic E-state index is -0.240. The molecule has 1 heterocycles. The number of aromatic nitrogens is 1. The number of carbonyl (C=O) groups excluding carboxylic acids is 1. The average molecular weight is 223 g/mol. The first-order valence-corrected chi connectivity index (χ1v) is 5.50. The van der Waals surface area contributed by atoms with Crippen LogP contribution in [0.25, 0.3) is 0 Å². The van der Waals surface area contributed by atoms with Crippen molar-refractivity contribution in [2.75, 3.05) is 0 Å². The third-order valence-electron chi connectivity index (χ3n) is 1.87. The van der Waals surface area contributed by atoms with Crippen molar-refractivity contribution in [1.29, 1.82) is 0 Å². The van der Waals surface area contributed by atoms with E-state index in [1.54, 1.807) is 5.38 Å². The van der Waals surface area contributed by atoms with Gasteiger partial charge in [-0.25, -0.2) is 4.98 Å². The molecule has 0 radical (unpaired) electrons. The van der Waals surface area contributed by atoms with Gasteiger partial charge in [0.25, 0.3) is 5.91 Å². The van der Waals surface area contributed by atoms with Gasteiger partial charge in [-0.15, -0.1) is 17.8 Å². The summed E-state index contributed by atoms with van der Waals surface area (Å²) in [5, 5.41) is 5.12. The molecule has 0 aromatic carbocycles.